The Labute approximate surface area is 123 Å². The quantitative estimate of drug-likeness (QED) is 0.839. The van der Waals surface area contributed by atoms with Gasteiger partial charge in [0.2, 0.25) is 0 Å². The molecule has 1 aliphatic rings. The predicted molar refractivity (Wildman–Crippen MR) is 78.3 cm³/mol. The second-order valence-electron chi connectivity index (χ2n) is 5.82. The molecule has 3 nitrogen and oxygen atoms in total. The lowest BCUT2D eigenvalue weighted by molar-refractivity contribution is 0.00578. The second-order valence-corrected chi connectivity index (χ2v) is 6.23. The van der Waals surface area contributed by atoms with E-state index < -0.39 is 24.0 Å². The van der Waals surface area contributed by atoms with Gasteiger partial charge < -0.3 is 14.4 Å². The molecule has 0 unspecified atom stereocenters. The summed E-state index contributed by atoms with van der Waals surface area (Å²) in [5.41, 5.74) is -1.30. The van der Waals surface area contributed by atoms with E-state index in [1.807, 2.05) is 27.7 Å². The summed E-state index contributed by atoms with van der Waals surface area (Å²) in [5, 5.41) is 9.53. The van der Waals surface area contributed by atoms with Crippen LogP contribution in [0.2, 0.25) is 5.02 Å². The molecule has 0 aliphatic carbocycles. The van der Waals surface area contributed by atoms with Crippen LogP contribution >= 0.6 is 11.6 Å². The van der Waals surface area contributed by atoms with Gasteiger partial charge >= 0.3 is 7.12 Å². The zero-order valence-electron chi connectivity index (χ0n) is 11.9. The monoisotopic (exact) mass is 298 g/mol. The van der Waals surface area contributed by atoms with Gasteiger partial charge in [-0.15, -0.1) is 0 Å². The first-order valence-corrected chi connectivity index (χ1v) is 6.71. The predicted octanol–water partition coefficient (Wildman–Crippen LogP) is 3.99. The van der Waals surface area contributed by atoms with Crippen LogP contribution in [0.3, 0.4) is 0 Å². The number of hydrogen-bond donors (Lipinski definition) is 1. The minimum Gasteiger partial charge on any atom is -0.508 e. The van der Waals surface area contributed by atoms with E-state index in [0.29, 0.717) is 5.56 Å². The number of phenolic OH excluding ortho intramolecular Hbond substituents is 1. The SMILES string of the molecule is CC1(C)OB(C(F)=Cc2ccc(O)cc2Cl)OC1(C)C. The fourth-order valence-electron chi connectivity index (χ4n) is 1.81. The number of phenols is 1. The molecule has 0 amide bonds. The molecule has 20 heavy (non-hydrogen) atoms. The van der Waals surface area contributed by atoms with Gasteiger partial charge in [0.05, 0.1) is 16.2 Å². The molecule has 1 heterocycles. The van der Waals surface area contributed by atoms with Crippen molar-refractivity contribution in [3.05, 3.63) is 34.5 Å². The first-order chi connectivity index (χ1) is 9.12. The summed E-state index contributed by atoms with van der Waals surface area (Å²) in [7, 11) is -1.05. The van der Waals surface area contributed by atoms with Gasteiger partial charge in [-0.1, -0.05) is 11.6 Å². The minimum atomic E-state index is -1.05. The Bertz CT molecular complexity index is 541. The van der Waals surface area contributed by atoms with Crippen LogP contribution in [-0.4, -0.2) is 23.4 Å². The second kappa shape index (κ2) is 5.06. The van der Waals surface area contributed by atoms with Crippen molar-refractivity contribution >= 4 is 24.8 Å². The lowest BCUT2D eigenvalue weighted by Crippen LogP contribution is -2.41. The van der Waals surface area contributed by atoms with Gasteiger partial charge in [-0.3, -0.25) is 0 Å². The van der Waals surface area contributed by atoms with Crippen molar-refractivity contribution in [3.63, 3.8) is 0 Å². The van der Waals surface area contributed by atoms with E-state index in [1.54, 1.807) is 0 Å². The highest BCUT2D eigenvalue weighted by Crippen LogP contribution is 2.39. The molecule has 1 aliphatic heterocycles. The fourth-order valence-corrected chi connectivity index (χ4v) is 2.03. The number of halogens is 2. The van der Waals surface area contributed by atoms with Gasteiger partial charge in [0.1, 0.15) is 11.5 Å². The molecule has 1 aromatic rings. The molecule has 108 valence electrons. The summed E-state index contributed by atoms with van der Waals surface area (Å²) >= 11 is 5.94. The summed E-state index contributed by atoms with van der Waals surface area (Å²) < 4.78 is 25.5. The van der Waals surface area contributed by atoms with Crippen molar-refractivity contribution in [1.29, 1.82) is 0 Å². The molecule has 0 radical (unpaired) electrons. The first kappa shape index (κ1) is 15.4. The van der Waals surface area contributed by atoms with E-state index in [0.717, 1.165) is 0 Å². The fraction of sp³-hybridized carbons (Fsp3) is 0.429. The lowest BCUT2D eigenvalue weighted by atomic mass is 9.87. The average molecular weight is 299 g/mol. The molecular formula is C14H17BClFO3. The third-order valence-corrected chi connectivity index (χ3v) is 4.08. The van der Waals surface area contributed by atoms with Crippen molar-refractivity contribution in [2.24, 2.45) is 0 Å². The Hall–Kier alpha value is -1.04. The van der Waals surface area contributed by atoms with Crippen LogP contribution in [0, 0.1) is 0 Å². The number of benzene rings is 1. The number of rotatable bonds is 2. The largest absolute Gasteiger partial charge is 0.525 e. The summed E-state index contributed by atoms with van der Waals surface area (Å²) in [6.45, 7) is 7.42. The van der Waals surface area contributed by atoms with E-state index in [9.17, 15) is 9.50 Å². The standard InChI is InChI=1S/C14H17BClFO3/c1-13(2)14(3,4)20-15(19-13)12(17)7-9-5-6-10(18)8-11(9)16/h5-8,18H,1-4H3. The lowest BCUT2D eigenvalue weighted by Gasteiger charge is -2.32. The van der Waals surface area contributed by atoms with Crippen LogP contribution in [0.25, 0.3) is 6.08 Å². The van der Waals surface area contributed by atoms with Gasteiger partial charge in [-0.25, -0.2) is 4.39 Å². The Kier molecular flexibility index (Phi) is 3.89. The van der Waals surface area contributed by atoms with E-state index in [4.69, 9.17) is 20.9 Å². The van der Waals surface area contributed by atoms with Crippen molar-refractivity contribution in [2.45, 2.75) is 38.9 Å². The Morgan fingerprint density at radius 3 is 2.30 bits per heavy atom. The average Bonchev–Trinajstić information content (AvgIpc) is 2.52. The summed E-state index contributed by atoms with van der Waals surface area (Å²) in [5.74, 6) is 0.0307. The number of aromatic hydroxyl groups is 1. The van der Waals surface area contributed by atoms with Crippen molar-refractivity contribution in [3.8, 4) is 5.75 Å². The molecule has 6 heteroatoms. The summed E-state index contributed by atoms with van der Waals surface area (Å²) in [6, 6.07) is 4.32. The molecule has 0 saturated carbocycles. The van der Waals surface area contributed by atoms with Gasteiger partial charge in [0, 0.05) is 0 Å². The molecule has 0 atom stereocenters. The van der Waals surface area contributed by atoms with Crippen molar-refractivity contribution < 1.29 is 18.8 Å². The summed E-state index contributed by atoms with van der Waals surface area (Å²) in [4.78, 5) is 0. The van der Waals surface area contributed by atoms with Crippen molar-refractivity contribution in [1.82, 2.24) is 0 Å². The van der Waals surface area contributed by atoms with Gasteiger partial charge in [-0.05, 0) is 57.5 Å². The maximum absolute atomic E-state index is 14.3. The highest BCUT2D eigenvalue weighted by molar-refractivity contribution is 6.54. The topological polar surface area (TPSA) is 38.7 Å². The first-order valence-electron chi connectivity index (χ1n) is 6.34. The molecule has 2 rings (SSSR count). The van der Waals surface area contributed by atoms with E-state index in [2.05, 4.69) is 0 Å². The smallest absolute Gasteiger partial charge is 0.508 e. The van der Waals surface area contributed by atoms with Gasteiger partial charge in [-0.2, -0.15) is 0 Å². The van der Waals surface area contributed by atoms with Crippen molar-refractivity contribution in [2.75, 3.05) is 0 Å². The molecule has 1 fully saturated rings. The highest BCUT2D eigenvalue weighted by Gasteiger charge is 2.53. The minimum absolute atomic E-state index is 0.0307. The zero-order valence-corrected chi connectivity index (χ0v) is 12.7. The van der Waals surface area contributed by atoms with Crippen LogP contribution in [-0.2, 0) is 9.31 Å². The normalized spacial score (nSPS) is 21.3. The van der Waals surface area contributed by atoms with Crippen LogP contribution in [0.15, 0.2) is 23.9 Å². The van der Waals surface area contributed by atoms with E-state index in [1.165, 1.54) is 24.3 Å². The molecule has 0 spiro atoms. The van der Waals surface area contributed by atoms with E-state index in [-0.39, 0.29) is 10.8 Å². The molecule has 1 N–H and O–H groups in total. The Morgan fingerprint density at radius 1 is 1.25 bits per heavy atom. The van der Waals surface area contributed by atoms with E-state index >= 15 is 0 Å². The molecular weight excluding hydrogens is 281 g/mol. The highest BCUT2D eigenvalue weighted by atomic mass is 35.5. The van der Waals surface area contributed by atoms with Crippen LogP contribution in [0.5, 0.6) is 5.75 Å². The summed E-state index contributed by atoms with van der Waals surface area (Å²) in [6.07, 6.45) is 1.25. The maximum atomic E-state index is 14.3. The zero-order chi connectivity index (χ0) is 15.1. The third-order valence-electron chi connectivity index (χ3n) is 3.76. The van der Waals surface area contributed by atoms with Crippen LogP contribution < -0.4 is 0 Å². The molecule has 0 aromatic heterocycles. The van der Waals surface area contributed by atoms with Crippen LogP contribution in [0.4, 0.5) is 4.39 Å². The maximum Gasteiger partial charge on any atom is 0.525 e. The Balaban J connectivity index is 2.24. The Morgan fingerprint density at radius 2 is 1.80 bits per heavy atom. The third kappa shape index (κ3) is 2.85. The molecule has 1 saturated heterocycles. The molecule has 1 aromatic carbocycles. The number of hydrogen-bond acceptors (Lipinski definition) is 3. The van der Waals surface area contributed by atoms with Gasteiger partial charge in [0.25, 0.3) is 0 Å². The molecule has 0 bridgehead atoms. The van der Waals surface area contributed by atoms with Gasteiger partial charge in [0.15, 0.2) is 0 Å². The van der Waals surface area contributed by atoms with Crippen LogP contribution in [0.1, 0.15) is 33.3 Å².